The summed E-state index contributed by atoms with van der Waals surface area (Å²) in [6.07, 6.45) is 2.77. The molecule has 0 atom stereocenters. The summed E-state index contributed by atoms with van der Waals surface area (Å²) in [6.45, 7) is -0.139. The van der Waals surface area contributed by atoms with Gasteiger partial charge in [0.15, 0.2) is 11.5 Å². The molecule has 0 unspecified atom stereocenters. The Bertz CT molecular complexity index is 463. The normalized spacial score (nSPS) is 9.95. The van der Waals surface area contributed by atoms with Gasteiger partial charge in [-0.25, -0.2) is 0 Å². The largest absolute Gasteiger partial charge is 0.490 e. The van der Waals surface area contributed by atoms with Crippen LogP contribution in [-0.2, 0) is 9.53 Å². The van der Waals surface area contributed by atoms with Crippen LogP contribution in [0.15, 0.2) is 24.3 Å². The summed E-state index contributed by atoms with van der Waals surface area (Å²) in [5.41, 5.74) is 0. The fourth-order valence-electron chi connectivity index (χ4n) is 1.64. The second kappa shape index (κ2) is 9.57. The SMILES string of the molecule is COC(=O)CCCCCOc1ccccc1OC[N+](=O)[O-]. The third-order valence-electron chi connectivity index (χ3n) is 2.69. The summed E-state index contributed by atoms with van der Waals surface area (Å²) in [4.78, 5) is 20.7. The van der Waals surface area contributed by atoms with Gasteiger partial charge in [-0.3, -0.25) is 14.9 Å². The third kappa shape index (κ3) is 7.14. The average molecular weight is 297 g/mol. The number of carbonyl (C=O) groups excluding carboxylic acids is 1. The van der Waals surface area contributed by atoms with Crippen LogP contribution in [0.1, 0.15) is 25.7 Å². The topological polar surface area (TPSA) is 87.9 Å². The van der Waals surface area contributed by atoms with Gasteiger partial charge in [0.1, 0.15) is 0 Å². The van der Waals surface area contributed by atoms with Crippen LogP contribution in [0.3, 0.4) is 0 Å². The molecule has 7 heteroatoms. The highest BCUT2D eigenvalue weighted by Gasteiger charge is 2.07. The predicted octanol–water partition coefficient (Wildman–Crippen LogP) is 2.41. The molecule has 0 saturated heterocycles. The Labute approximate surface area is 123 Å². The van der Waals surface area contributed by atoms with Crippen molar-refractivity contribution in [3.63, 3.8) is 0 Å². The summed E-state index contributed by atoms with van der Waals surface area (Å²) < 4.78 is 15.1. The van der Waals surface area contributed by atoms with E-state index in [1.165, 1.54) is 7.11 Å². The van der Waals surface area contributed by atoms with Crippen molar-refractivity contribution in [1.29, 1.82) is 0 Å². The van der Waals surface area contributed by atoms with E-state index in [0.29, 0.717) is 24.5 Å². The first-order chi connectivity index (χ1) is 10.1. The second-order valence-electron chi connectivity index (χ2n) is 4.29. The molecule has 0 aliphatic rings. The lowest BCUT2D eigenvalue weighted by Crippen LogP contribution is -2.09. The summed E-state index contributed by atoms with van der Waals surface area (Å²) in [6, 6.07) is 6.81. The van der Waals surface area contributed by atoms with E-state index < -0.39 is 11.7 Å². The first kappa shape index (κ1) is 16.7. The zero-order chi connectivity index (χ0) is 15.5. The smallest absolute Gasteiger partial charge is 0.344 e. The molecule has 0 amide bonds. The van der Waals surface area contributed by atoms with Gasteiger partial charge in [-0.2, -0.15) is 0 Å². The van der Waals surface area contributed by atoms with E-state index >= 15 is 0 Å². The zero-order valence-corrected chi connectivity index (χ0v) is 11.9. The average Bonchev–Trinajstić information content (AvgIpc) is 2.49. The van der Waals surface area contributed by atoms with Crippen molar-refractivity contribution in [2.45, 2.75) is 25.7 Å². The van der Waals surface area contributed by atoms with Crippen LogP contribution in [0.25, 0.3) is 0 Å². The first-order valence-electron chi connectivity index (χ1n) is 6.66. The van der Waals surface area contributed by atoms with Crippen molar-refractivity contribution in [2.75, 3.05) is 20.4 Å². The molecule has 0 aliphatic heterocycles. The number of esters is 1. The van der Waals surface area contributed by atoms with Gasteiger partial charge >= 0.3 is 12.7 Å². The molecule has 0 aromatic heterocycles. The van der Waals surface area contributed by atoms with E-state index in [1.54, 1.807) is 24.3 Å². The van der Waals surface area contributed by atoms with E-state index in [4.69, 9.17) is 9.47 Å². The number of hydrogen-bond acceptors (Lipinski definition) is 6. The molecule has 0 aliphatic carbocycles. The molecule has 0 spiro atoms. The molecule has 0 heterocycles. The van der Waals surface area contributed by atoms with Crippen LogP contribution in [0.4, 0.5) is 0 Å². The molecule has 0 bridgehead atoms. The maximum atomic E-state index is 10.9. The minimum absolute atomic E-state index is 0.213. The van der Waals surface area contributed by atoms with Gasteiger partial charge in [0.25, 0.3) is 0 Å². The molecule has 0 radical (unpaired) electrons. The van der Waals surface area contributed by atoms with Gasteiger partial charge < -0.3 is 14.2 Å². The van der Waals surface area contributed by atoms with Crippen LogP contribution >= 0.6 is 0 Å². The van der Waals surface area contributed by atoms with E-state index in [9.17, 15) is 14.9 Å². The number of nitrogens with zero attached hydrogens (tertiary/aromatic N) is 1. The lowest BCUT2D eigenvalue weighted by Gasteiger charge is -2.10. The van der Waals surface area contributed by atoms with Crippen molar-refractivity contribution in [1.82, 2.24) is 0 Å². The fourth-order valence-corrected chi connectivity index (χ4v) is 1.64. The van der Waals surface area contributed by atoms with Gasteiger partial charge in [-0.1, -0.05) is 12.1 Å². The molecule has 21 heavy (non-hydrogen) atoms. The van der Waals surface area contributed by atoms with Crippen LogP contribution in [0.2, 0.25) is 0 Å². The summed E-state index contributed by atoms with van der Waals surface area (Å²) >= 11 is 0. The number of nitro groups is 1. The Hall–Kier alpha value is -2.31. The standard InChI is InChI=1S/C14H19NO6/c1-19-14(16)9-3-2-6-10-20-12-7-4-5-8-13(12)21-11-15(17)18/h4-5,7-8H,2-3,6,9-11H2,1H3. The molecule has 1 aromatic rings. The number of benzene rings is 1. The second-order valence-corrected chi connectivity index (χ2v) is 4.29. The van der Waals surface area contributed by atoms with Crippen molar-refractivity contribution in [2.24, 2.45) is 0 Å². The highest BCUT2D eigenvalue weighted by atomic mass is 16.7. The first-order valence-corrected chi connectivity index (χ1v) is 6.66. The quantitative estimate of drug-likeness (QED) is 0.217. The van der Waals surface area contributed by atoms with Gasteiger partial charge in [0.05, 0.1) is 18.6 Å². The number of carbonyl (C=O) groups is 1. The number of ether oxygens (including phenoxy) is 3. The molecule has 116 valence electrons. The van der Waals surface area contributed by atoms with Gasteiger partial charge in [0, 0.05) is 6.42 Å². The van der Waals surface area contributed by atoms with Crippen molar-refractivity contribution < 1.29 is 23.9 Å². The summed E-state index contributed by atoms with van der Waals surface area (Å²) in [5.74, 6) is 0.616. The molecular weight excluding hydrogens is 278 g/mol. The molecule has 0 N–H and O–H groups in total. The van der Waals surface area contributed by atoms with Crippen LogP contribution in [0, 0.1) is 10.1 Å². The number of rotatable bonds is 10. The van der Waals surface area contributed by atoms with Crippen LogP contribution < -0.4 is 9.47 Å². The minimum atomic E-state index is -0.598. The Morgan fingerprint density at radius 1 is 1.14 bits per heavy atom. The molecule has 1 aromatic carbocycles. The van der Waals surface area contributed by atoms with Crippen molar-refractivity contribution >= 4 is 5.97 Å². The van der Waals surface area contributed by atoms with E-state index in [0.717, 1.165) is 19.3 Å². The summed E-state index contributed by atoms with van der Waals surface area (Å²) in [5, 5.41) is 10.3. The lowest BCUT2D eigenvalue weighted by atomic mass is 10.2. The van der Waals surface area contributed by atoms with Gasteiger partial charge in [0.2, 0.25) is 0 Å². The maximum absolute atomic E-state index is 10.9. The zero-order valence-electron chi connectivity index (χ0n) is 11.9. The molecule has 0 saturated carbocycles. The van der Waals surface area contributed by atoms with E-state index in [-0.39, 0.29) is 5.97 Å². The van der Waals surface area contributed by atoms with Gasteiger partial charge in [-0.15, -0.1) is 0 Å². The monoisotopic (exact) mass is 297 g/mol. The summed E-state index contributed by atoms with van der Waals surface area (Å²) in [7, 11) is 1.37. The van der Waals surface area contributed by atoms with Gasteiger partial charge in [-0.05, 0) is 31.4 Å². The Morgan fingerprint density at radius 3 is 2.43 bits per heavy atom. The maximum Gasteiger partial charge on any atom is 0.344 e. The highest BCUT2D eigenvalue weighted by molar-refractivity contribution is 5.68. The van der Waals surface area contributed by atoms with E-state index in [2.05, 4.69) is 4.74 Å². The molecular formula is C14H19NO6. The Kier molecular flexibility index (Phi) is 7.63. The fraction of sp³-hybridized carbons (Fsp3) is 0.500. The van der Waals surface area contributed by atoms with E-state index in [1.807, 2.05) is 0 Å². The highest BCUT2D eigenvalue weighted by Crippen LogP contribution is 2.26. The lowest BCUT2D eigenvalue weighted by molar-refractivity contribution is -0.514. The Morgan fingerprint density at radius 2 is 1.81 bits per heavy atom. The number of hydrogen-bond donors (Lipinski definition) is 0. The minimum Gasteiger partial charge on any atom is -0.490 e. The third-order valence-corrected chi connectivity index (χ3v) is 2.69. The Balaban J connectivity index is 2.28. The number of unbranched alkanes of at least 4 members (excludes halogenated alkanes) is 2. The number of methoxy groups -OCH3 is 1. The molecule has 7 nitrogen and oxygen atoms in total. The molecule has 1 rings (SSSR count). The predicted molar refractivity (Wildman–Crippen MR) is 74.9 cm³/mol. The van der Waals surface area contributed by atoms with Crippen LogP contribution in [0.5, 0.6) is 11.5 Å². The van der Waals surface area contributed by atoms with Crippen molar-refractivity contribution in [3.05, 3.63) is 34.4 Å². The number of para-hydroxylation sites is 2. The molecule has 0 fully saturated rings. The van der Waals surface area contributed by atoms with Crippen LogP contribution in [-0.4, -0.2) is 31.3 Å². The van der Waals surface area contributed by atoms with Crippen molar-refractivity contribution in [3.8, 4) is 11.5 Å².